The average Bonchev–Trinajstić information content (AvgIpc) is 2.18. The number of aliphatic imine (C=N–C) groups is 1. The molecule has 0 aromatic heterocycles. The first-order chi connectivity index (χ1) is 6.24. The van der Waals surface area contributed by atoms with Crippen molar-refractivity contribution in [2.75, 3.05) is 0 Å². The highest BCUT2D eigenvalue weighted by Crippen LogP contribution is 2.12. The van der Waals surface area contributed by atoms with Crippen LogP contribution in [0.15, 0.2) is 47.0 Å². The van der Waals surface area contributed by atoms with Gasteiger partial charge in [-0.05, 0) is 38.5 Å². The van der Waals surface area contributed by atoms with Crippen LogP contribution >= 0.6 is 0 Å². The normalized spacial score (nSPS) is 13.2. The fraction of sp³-hybridized carbons (Fsp3) is 0.250. The van der Waals surface area contributed by atoms with Gasteiger partial charge >= 0.3 is 0 Å². The molecular weight excluding hydrogens is 158 g/mol. The standard InChI is InChI=1S/C12H15N/c1-4-10(2)11(3)13-12-8-6-5-7-9-12/h4-9H,1-3H3/b10-4+,13-11?. The second kappa shape index (κ2) is 4.61. The van der Waals surface area contributed by atoms with Crippen molar-refractivity contribution >= 4 is 11.4 Å². The molecule has 0 heterocycles. The Morgan fingerprint density at radius 3 is 2.31 bits per heavy atom. The van der Waals surface area contributed by atoms with Crippen LogP contribution in [0.4, 0.5) is 5.69 Å². The third kappa shape index (κ3) is 2.86. The van der Waals surface area contributed by atoms with Crippen molar-refractivity contribution in [3.8, 4) is 0 Å². The Hall–Kier alpha value is -1.37. The Labute approximate surface area is 79.8 Å². The van der Waals surface area contributed by atoms with Gasteiger partial charge in [-0.2, -0.15) is 0 Å². The smallest absolute Gasteiger partial charge is 0.0632 e. The maximum atomic E-state index is 4.48. The summed E-state index contributed by atoms with van der Waals surface area (Å²) in [5.41, 5.74) is 3.32. The molecule has 0 aliphatic carbocycles. The highest BCUT2D eigenvalue weighted by Gasteiger charge is 1.92. The molecule has 0 radical (unpaired) electrons. The predicted octanol–water partition coefficient (Wildman–Crippen LogP) is 3.75. The van der Waals surface area contributed by atoms with E-state index in [1.165, 1.54) is 5.57 Å². The molecule has 1 aromatic carbocycles. The van der Waals surface area contributed by atoms with Gasteiger partial charge in [-0.3, -0.25) is 4.99 Å². The van der Waals surface area contributed by atoms with Gasteiger partial charge in [0.2, 0.25) is 0 Å². The van der Waals surface area contributed by atoms with E-state index in [0.717, 1.165) is 11.4 Å². The summed E-state index contributed by atoms with van der Waals surface area (Å²) < 4.78 is 0. The zero-order valence-corrected chi connectivity index (χ0v) is 8.41. The van der Waals surface area contributed by atoms with E-state index in [1.807, 2.05) is 44.2 Å². The number of rotatable bonds is 2. The number of allylic oxidation sites excluding steroid dienone is 2. The Balaban J connectivity index is 2.89. The SMILES string of the molecule is C/C=C(\C)C(C)=Nc1ccccc1. The average molecular weight is 173 g/mol. The third-order valence-corrected chi connectivity index (χ3v) is 2.06. The van der Waals surface area contributed by atoms with Crippen molar-refractivity contribution < 1.29 is 0 Å². The van der Waals surface area contributed by atoms with E-state index >= 15 is 0 Å². The number of para-hydroxylation sites is 1. The molecule has 68 valence electrons. The van der Waals surface area contributed by atoms with Crippen LogP contribution in [0, 0.1) is 0 Å². The molecular formula is C12H15N. The van der Waals surface area contributed by atoms with Crippen LogP contribution < -0.4 is 0 Å². The van der Waals surface area contributed by atoms with Gasteiger partial charge in [0, 0.05) is 5.71 Å². The topological polar surface area (TPSA) is 12.4 Å². The summed E-state index contributed by atoms with van der Waals surface area (Å²) in [7, 11) is 0. The summed E-state index contributed by atoms with van der Waals surface area (Å²) in [6.07, 6.45) is 2.07. The van der Waals surface area contributed by atoms with Crippen LogP contribution in [0.2, 0.25) is 0 Å². The Bertz CT molecular complexity index is 320. The fourth-order valence-electron chi connectivity index (χ4n) is 0.993. The summed E-state index contributed by atoms with van der Waals surface area (Å²) in [4.78, 5) is 4.48. The van der Waals surface area contributed by atoms with Gasteiger partial charge in [0.1, 0.15) is 0 Å². The van der Waals surface area contributed by atoms with Crippen molar-refractivity contribution in [1.82, 2.24) is 0 Å². The highest BCUT2D eigenvalue weighted by atomic mass is 14.7. The number of hydrogen-bond donors (Lipinski definition) is 0. The second-order valence-electron chi connectivity index (χ2n) is 3.00. The van der Waals surface area contributed by atoms with E-state index in [0.29, 0.717) is 0 Å². The van der Waals surface area contributed by atoms with Crippen molar-refractivity contribution in [1.29, 1.82) is 0 Å². The summed E-state index contributed by atoms with van der Waals surface area (Å²) in [5, 5.41) is 0. The number of benzene rings is 1. The fourth-order valence-corrected chi connectivity index (χ4v) is 0.993. The maximum Gasteiger partial charge on any atom is 0.0632 e. The minimum Gasteiger partial charge on any atom is -0.254 e. The van der Waals surface area contributed by atoms with Crippen molar-refractivity contribution in [2.24, 2.45) is 4.99 Å². The molecule has 0 fully saturated rings. The zero-order valence-electron chi connectivity index (χ0n) is 8.41. The van der Waals surface area contributed by atoms with Crippen LogP contribution in [0.5, 0.6) is 0 Å². The monoisotopic (exact) mass is 173 g/mol. The molecule has 13 heavy (non-hydrogen) atoms. The minimum absolute atomic E-state index is 1.02. The van der Waals surface area contributed by atoms with Gasteiger partial charge < -0.3 is 0 Å². The maximum absolute atomic E-state index is 4.48. The molecule has 0 bridgehead atoms. The first-order valence-electron chi connectivity index (χ1n) is 4.47. The summed E-state index contributed by atoms with van der Waals surface area (Å²) in [6, 6.07) is 10.0. The molecule has 0 aliphatic rings. The van der Waals surface area contributed by atoms with E-state index in [4.69, 9.17) is 0 Å². The lowest BCUT2D eigenvalue weighted by Crippen LogP contribution is -1.91. The molecule has 0 saturated carbocycles. The first-order valence-corrected chi connectivity index (χ1v) is 4.47. The first kappa shape index (κ1) is 9.72. The third-order valence-electron chi connectivity index (χ3n) is 2.06. The summed E-state index contributed by atoms with van der Waals surface area (Å²) in [6.45, 7) is 6.13. The van der Waals surface area contributed by atoms with Crippen molar-refractivity contribution in [3.05, 3.63) is 42.0 Å². The predicted molar refractivity (Wildman–Crippen MR) is 58.6 cm³/mol. The minimum atomic E-state index is 1.02. The van der Waals surface area contributed by atoms with E-state index in [-0.39, 0.29) is 0 Å². The molecule has 0 spiro atoms. The second-order valence-corrected chi connectivity index (χ2v) is 3.00. The van der Waals surface area contributed by atoms with Crippen LogP contribution in [-0.4, -0.2) is 5.71 Å². The Kier molecular flexibility index (Phi) is 3.44. The largest absolute Gasteiger partial charge is 0.254 e. The molecule has 0 unspecified atom stereocenters. The van der Waals surface area contributed by atoms with Gasteiger partial charge in [0.15, 0.2) is 0 Å². The van der Waals surface area contributed by atoms with Crippen LogP contribution in [0.1, 0.15) is 20.8 Å². The molecule has 0 amide bonds. The summed E-state index contributed by atoms with van der Waals surface area (Å²) in [5.74, 6) is 0. The highest BCUT2D eigenvalue weighted by molar-refractivity contribution is 5.99. The van der Waals surface area contributed by atoms with Gasteiger partial charge in [0.25, 0.3) is 0 Å². The molecule has 1 aromatic rings. The number of nitrogens with zero attached hydrogens (tertiary/aromatic N) is 1. The molecule has 0 atom stereocenters. The summed E-state index contributed by atoms with van der Waals surface area (Å²) >= 11 is 0. The molecule has 1 nitrogen and oxygen atoms in total. The molecule has 1 heteroatoms. The van der Waals surface area contributed by atoms with E-state index < -0.39 is 0 Å². The van der Waals surface area contributed by atoms with Crippen LogP contribution in [0.25, 0.3) is 0 Å². The zero-order chi connectivity index (χ0) is 9.68. The van der Waals surface area contributed by atoms with Gasteiger partial charge in [-0.1, -0.05) is 24.3 Å². The van der Waals surface area contributed by atoms with E-state index in [9.17, 15) is 0 Å². The molecule has 0 aliphatic heterocycles. The Morgan fingerprint density at radius 2 is 1.77 bits per heavy atom. The Morgan fingerprint density at radius 1 is 1.15 bits per heavy atom. The van der Waals surface area contributed by atoms with Crippen molar-refractivity contribution in [2.45, 2.75) is 20.8 Å². The van der Waals surface area contributed by atoms with Crippen LogP contribution in [0.3, 0.4) is 0 Å². The molecule has 0 saturated heterocycles. The van der Waals surface area contributed by atoms with Crippen molar-refractivity contribution in [3.63, 3.8) is 0 Å². The van der Waals surface area contributed by atoms with Gasteiger partial charge in [-0.25, -0.2) is 0 Å². The van der Waals surface area contributed by atoms with Gasteiger partial charge in [-0.15, -0.1) is 0 Å². The lowest BCUT2D eigenvalue weighted by molar-refractivity contribution is 1.43. The van der Waals surface area contributed by atoms with E-state index in [1.54, 1.807) is 0 Å². The number of hydrogen-bond acceptors (Lipinski definition) is 1. The quantitative estimate of drug-likeness (QED) is 0.604. The van der Waals surface area contributed by atoms with E-state index in [2.05, 4.69) is 18.0 Å². The molecule has 0 N–H and O–H groups in total. The van der Waals surface area contributed by atoms with Crippen LogP contribution in [-0.2, 0) is 0 Å². The molecule has 1 rings (SSSR count). The van der Waals surface area contributed by atoms with Gasteiger partial charge in [0.05, 0.1) is 5.69 Å². The lowest BCUT2D eigenvalue weighted by Gasteiger charge is -1.99. The lowest BCUT2D eigenvalue weighted by atomic mass is 10.2.